The van der Waals surface area contributed by atoms with E-state index in [4.69, 9.17) is 24.2 Å². The maximum absolute atomic E-state index is 14.4. The Morgan fingerprint density at radius 3 is 2.39 bits per heavy atom. The number of aliphatic carboxylic acids is 1. The van der Waals surface area contributed by atoms with Gasteiger partial charge in [0.2, 0.25) is 11.8 Å². The van der Waals surface area contributed by atoms with Crippen LogP contribution in [0.4, 0.5) is 10.6 Å². The predicted octanol–water partition coefficient (Wildman–Crippen LogP) is 3.41. The molecule has 4 aliphatic rings. The Morgan fingerprint density at radius 1 is 1.02 bits per heavy atom. The fourth-order valence-corrected chi connectivity index (χ4v) is 7.19. The maximum Gasteiger partial charge on any atom is 0.408 e. The van der Waals surface area contributed by atoms with Gasteiger partial charge in [-0.1, -0.05) is 44.2 Å². The summed E-state index contributed by atoms with van der Waals surface area (Å²) in [4.78, 5) is 67.0. The average Bonchev–Trinajstić information content (AvgIpc) is 3.60. The van der Waals surface area contributed by atoms with E-state index in [9.17, 15) is 24.3 Å². The fourth-order valence-electron chi connectivity index (χ4n) is 7.19. The normalized spacial score (nSPS) is 28.4. The molecule has 266 valence electrons. The Morgan fingerprint density at radius 2 is 1.69 bits per heavy atom. The van der Waals surface area contributed by atoms with Crippen LogP contribution in [0.15, 0.2) is 24.3 Å². The first kappa shape index (κ1) is 34.7. The highest BCUT2D eigenvalue weighted by Gasteiger charge is 2.62. The molecule has 3 aliphatic heterocycles. The predicted molar refractivity (Wildman–Crippen MR) is 179 cm³/mol. The van der Waals surface area contributed by atoms with Crippen LogP contribution in [0.25, 0.3) is 11.0 Å². The van der Waals surface area contributed by atoms with Crippen LogP contribution in [-0.4, -0.2) is 106 Å². The van der Waals surface area contributed by atoms with E-state index < -0.39 is 53.2 Å². The summed E-state index contributed by atoms with van der Waals surface area (Å²) in [7, 11) is 0. The summed E-state index contributed by atoms with van der Waals surface area (Å²) in [6, 6.07) is 5.52. The van der Waals surface area contributed by atoms with E-state index in [-0.39, 0.29) is 24.8 Å². The lowest BCUT2D eigenvalue weighted by Gasteiger charge is -2.30. The van der Waals surface area contributed by atoms with Gasteiger partial charge in [-0.25, -0.2) is 19.6 Å². The smallest absolute Gasteiger partial charge is 0.408 e. The number of aromatic nitrogens is 2. The van der Waals surface area contributed by atoms with Gasteiger partial charge in [-0.2, -0.15) is 0 Å². The number of alkyl carbamates (subject to hydrolysis) is 1. The third-order valence-electron chi connectivity index (χ3n) is 9.83. The SMILES string of the molecule is CC(C)(C)OC(=O)N[C@H]1CCCCCCCC2CC2(C(=O)O)NC(=O)[C@@H]2C[C@@H](Oc3nc4ccccc4nc3N3CCOCC3)CN2C1=O. The number of hydrogen-bond acceptors (Lipinski definition) is 10. The minimum atomic E-state index is -1.35. The third-order valence-corrected chi connectivity index (χ3v) is 9.83. The van der Waals surface area contributed by atoms with E-state index in [1.54, 1.807) is 20.8 Å². The van der Waals surface area contributed by atoms with Crippen LogP contribution in [0.2, 0.25) is 0 Å². The summed E-state index contributed by atoms with van der Waals surface area (Å²) in [6.07, 6.45) is 4.41. The molecular weight excluding hydrogens is 632 g/mol. The minimum Gasteiger partial charge on any atom is -0.479 e. The van der Waals surface area contributed by atoms with Crippen LogP contribution >= 0.6 is 0 Å². The zero-order chi connectivity index (χ0) is 34.8. The topological polar surface area (TPSA) is 173 Å². The van der Waals surface area contributed by atoms with Crippen molar-refractivity contribution in [1.29, 1.82) is 0 Å². The third kappa shape index (κ3) is 8.00. The molecule has 1 aromatic heterocycles. The molecular formula is C35H48N6O8. The van der Waals surface area contributed by atoms with Gasteiger partial charge in [0, 0.05) is 19.5 Å². The number of carbonyl (C=O) groups excluding carboxylic acids is 3. The highest BCUT2D eigenvalue weighted by molar-refractivity contribution is 5.96. The molecule has 0 radical (unpaired) electrons. The summed E-state index contributed by atoms with van der Waals surface area (Å²) < 4.78 is 17.6. The Labute approximate surface area is 286 Å². The Balaban J connectivity index is 1.31. The van der Waals surface area contributed by atoms with Crippen molar-refractivity contribution in [3.05, 3.63) is 24.3 Å². The number of carboxylic acid groups (broad SMARTS) is 1. The van der Waals surface area contributed by atoms with Crippen molar-refractivity contribution < 1.29 is 38.5 Å². The highest BCUT2D eigenvalue weighted by atomic mass is 16.6. The number of anilines is 1. The van der Waals surface area contributed by atoms with Gasteiger partial charge in [0.25, 0.3) is 5.88 Å². The van der Waals surface area contributed by atoms with Crippen molar-refractivity contribution in [3.8, 4) is 5.88 Å². The number of benzene rings is 1. The second kappa shape index (κ2) is 14.3. The zero-order valence-electron chi connectivity index (χ0n) is 28.6. The molecule has 1 aliphatic carbocycles. The number of carbonyl (C=O) groups is 4. The number of para-hydroxylation sites is 2. The monoisotopic (exact) mass is 680 g/mol. The van der Waals surface area contributed by atoms with Crippen LogP contribution in [-0.2, 0) is 23.9 Å². The standard InChI is InChI=1S/C35H48N6O8/c1-34(2,3)49-33(46)38-26-14-8-6-4-5-7-11-22-20-35(22,32(44)45)39-29(42)27-19-23(21-41(27)31(26)43)48-30-28(40-15-17-47-18-16-40)36-24-12-9-10-13-25(24)37-30/h9-10,12-13,22-23,26-27H,4-8,11,14-21H2,1-3H3,(H,38,46)(H,39,42)(H,44,45)/t22?,23-,26+,27+,35?/m1/s1. The first-order chi connectivity index (χ1) is 23.4. The van der Waals surface area contributed by atoms with E-state index >= 15 is 0 Å². The fraction of sp³-hybridized carbons (Fsp3) is 0.657. The summed E-state index contributed by atoms with van der Waals surface area (Å²) in [5.41, 5.74) is -0.778. The van der Waals surface area contributed by atoms with Crippen molar-refractivity contribution in [2.75, 3.05) is 37.7 Å². The maximum atomic E-state index is 14.4. The molecule has 14 nitrogen and oxygen atoms in total. The zero-order valence-corrected chi connectivity index (χ0v) is 28.6. The van der Waals surface area contributed by atoms with Crippen LogP contribution in [0, 0.1) is 5.92 Å². The number of nitrogens with zero attached hydrogens (tertiary/aromatic N) is 4. The number of nitrogens with one attached hydrogen (secondary N) is 2. The van der Waals surface area contributed by atoms with Gasteiger partial charge in [-0.15, -0.1) is 0 Å². The van der Waals surface area contributed by atoms with Crippen LogP contribution in [0.3, 0.4) is 0 Å². The van der Waals surface area contributed by atoms with Crippen LogP contribution in [0.5, 0.6) is 5.88 Å². The molecule has 1 aromatic carbocycles. The number of hydrogen-bond donors (Lipinski definition) is 3. The van der Waals surface area contributed by atoms with Crippen LogP contribution < -0.4 is 20.3 Å². The van der Waals surface area contributed by atoms with Gasteiger partial charge in [-0.05, 0) is 58.1 Å². The Kier molecular flexibility index (Phi) is 10.1. The molecule has 5 atom stereocenters. The van der Waals surface area contributed by atoms with Gasteiger partial charge >= 0.3 is 12.1 Å². The first-order valence-corrected chi connectivity index (χ1v) is 17.5. The van der Waals surface area contributed by atoms with Crippen molar-refractivity contribution in [1.82, 2.24) is 25.5 Å². The van der Waals surface area contributed by atoms with E-state index in [0.717, 1.165) is 25.7 Å². The summed E-state index contributed by atoms with van der Waals surface area (Å²) >= 11 is 0. The van der Waals surface area contributed by atoms with E-state index in [0.29, 0.717) is 68.8 Å². The van der Waals surface area contributed by atoms with Gasteiger partial charge in [-0.3, -0.25) is 9.59 Å². The van der Waals surface area contributed by atoms with Crippen molar-refractivity contribution in [2.24, 2.45) is 5.92 Å². The summed E-state index contributed by atoms with van der Waals surface area (Å²) in [5.74, 6) is -1.38. The summed E-state index contributed by atoms with van der Waals surface area (Å²) in [6.45, 7) is 7.53. The molecule has 49 heavy (non-hydrogen) atoms. The lowest BCUT2D eigenvalue weighted by atomic mass is 10.0. The largest absolute Gasteiger partial charge is 0.479 e. The molecule has 0 bridgehead atoms. The molecule has 2 unspecified atom stereocenters. The number of ether oxygens (including phenoxy) is 3. The van der Waals surface area contributed by atoms with Crippen LogP contribution in [0.1, 0.15) is 78.6 Å². The Bertz CT molecular complexity index is 1560. The molecule has 3 N–H and O–H groups in total. The molecule has 4 fully saturated rings. The minimum absolute atomic E-state index is 0.0317. The molecule has 3 saturated heterocycles. The quantitative estimate of drug-likeness (QED) is 0.423. The van der Waals surface area contributed by atoms with Crippen molar-refractivity contribution >= 4 is 40.7 Å². The van der Waals surface area contributed by atoms with Gasteiger partial charge in [0.15, 0.2) is 5.82 Å². The number of amides is 3. The highest BCUT2D eigenvalue weighted by Crippen LogP contribution is 2.47. The average molecular weight is 681 g/mol. The summed E-state index contributed by atoms with van der Waals surface area (Å²) in [5, 5.41) is 15.8. The van der Waals surface area contributed by atoms with Gasteiger partial charge in [0.1, 0.15) is 29.3 Å². The second-order valence-electron chi connectivity index (χ2n) is 14.6. The molecule has 1 saturated carbocycles. The number of carboxylic acids is 1. The van der Waals surface area contributed by atoms with Gasteiger partial charge in [0.05, 0.1) is 30.8 Å². The molecule has 2 aromatic rings. The molecule has 0 spiro atoms. The lowest BCUT2D eigenvalue weighted by Crippen LogP contribution is -2.56. The molecule has 4 heterocycles. The molecule has 14 heteroatoms. The van der Waals surface area contributed by atoms with Crippen molar-refractivity contribution in [3.63, 3.8) is 0 Å². The van der Waals surface area contributed by atoms with E-state index in [1.807, 2.05) is 24.3 Å². The molecule has 6 rings (SSSR count). The van der Waals surface area contributed by atoms with Gasteiger partial charge < -0.3 is 39.8 Å². The Hall–Kier alpha value is -4.20. The lowest BCUT2D eigenvalue weighted by molar-refractivity contribution is -0.146. The van der Waals surface area contributed by atoms with Crippen molar-refractivity contribution in [2.45, 2.75) is 108 Å². The second-order valence-corrected chi connectivity index (χ2v) is 14.6. The number of morpholine rings is 1. The van der Waals surface area contributed by atoms with E-state index in [2.05, 4.69) is 15.5 Å². The van der Waals surface area contributed by atoms with E-state index in [1.165, 1.54) is 4.90 Å². The number of rotatable bonds is 5. The number of fused-ring (bicyclic) bond motifs is 3. The molecule has 3 amide bonds. The first-order valence-electron chi connectivity index (χ1n) is 17.5.